The molecular formula is C13H16BrN3. The van der Waals surface area contributed by atoms with Gasteiger partial charge in [-0.15, -0.1) is 0 Å². The van der Waals surface area contributed by atoms with Gasteiger partial charge in [-0.2, -0.15) is 5.10 Å². The molecule has 0 amide bonds. The molecule has 2 rings (SSSR count). The van der Waals surface area contributed by atoms with Crippen LogP contribution in [-0.4, -0.2) is 9.78 Å². The second kappa shape index (κ2) is 5.47. The van der Waals surface area contributed by atoms with E-state index in [-0.39, 0.29) is 0 Å². The molecule has 90 valence electrons. The van der Waals surface area contributed by atoms with Crippen molar-refractivity contribution in [3.63, 3.8) is 0 Å². The SMILES string of the molecule is CC(NCc1ccnn1C)c1cccc(Br)c1. The molecule has 1 atom stereocenters. The van der Waals surface area contributed by atoms with Crippen LogP contribution in [0.1, 0.15) is 24.2 Å². The molecule has 1 aromatic heterocycles. The Morgan fingerprint density at radius 1 is 1.41 bits per heavy atom. The second-order valence-electron chi connectivity index (χ2n) is 4.10. The van der Waals surface area contributed by atoms with Crippen molar-refractivity contribution in [1.29, 1.82) is 0 Å². The lowest BCUT2D eigenvalue weighted by atomic mass is 10.1. The molecule has 0 bridgehead atoms. The lowest BCUT2D eigenvalue weighted by Crippen LogP contribution is -2.19. The number of nitrogens with one attached hydrogen (secondary N) is 1. The van der Waals surface area contributed by atoms with Crippen LogP contribution in [0.4, 0.5) is 0 Å². The minimum atomic E-state index is 0.322. The normalized spacial score (nSPS) is 12.6. The third-order valence-corrected chi connectivity index (χ3v) is 3.35. The Labute approximate surface area is 110 Å². The Morgan fingerprint density at radius 3 is 2.88 bits per heavy atom. The predicted molar refractivity (Wildman–Crippen MR) is 72.6 cm³/mol. The molecule has 1 aromatic carbocycles. The molecule has 0 aliphatic rings. The van der Waals surface area contributed by atoms with Gasteiger partial charge < -0.3 is 5.32 Å². The fourth-order valence-electron chi connectivity index (χ4n) is 1.73. The van der Waals surface area contributed by atoms with Gasteiger partial charge in [0.25, 0.3) is 0 Å². The number of aromatic nitrogens is 2. The fourth-order valence-corrected chi connectivity index (χ4v) is 2.14. The molecule has 1 unspecified atom stereocenters. The zero-order valence-electron chi connectivity index (χ0n) is 10.0. The van der Waals surface area contributed by atoms with E-state index in [1.54, 1.807) is 0 Å². The van der Waals surface area contributed by atoms with Gasteiger partial charge in [-0.1, -0.05) is 28.1 Å². The maximum Gasteiger partial charge on any atom is 0.0518 e. The molecule has 0 spiro atoms. The summed E-state index contributed by atoms with van der Waals surface area (Å²) in [6, 6.07) is 10.7. The van der Waals surface area contributed by atoms with Crippen LogP contribution in [0.15, 0.2) is 41.0 Å². The van der Waals surface area contributed by atoms with Crippen molar-refractivity contribution in [3.05, 3.63) is 52.3 Å². The van der Waals surface area contributed by atoms with Crippen LogP contribution in [0, 0.1) is 0 Å². The van der Waals surface area contributed by atoms with Crippen LogP contribution in [0.5, 0.6) is 0 Å². The van der Waals surface area contributed by atoms with Crippen molar-refractivity contribution in [2.24, 2.45) is 7.05 Å². The zero-order valence-corrected chi connectivity index (χ0v) is 11.6. The molecule has 17 heavy (non-hydrogen) atoms. The summed E-state index contributed by atoms with van der Waals surface area (Å²) in [6.07, 6.45) is 1.82. The number of benzene rings is 1. The number of aryl methyl sites for hydroxylation is 1. The lowest BCUT2D eigenvalue weighted by Gasteiger charge is -2.14. The van der Waals surface area contributed by atoms with Crippen molar-refractivity contribution in [3.8, 4) is 0 Å². The van der Waals surface area contributed by atoms with E-state index in [0.29, 0.717) is 6.04 Å². The largest absolute Gasteiger partial charge is 0.305 e. The zero-order chi connectivity index (χ0) is 12.3. The predicted octanol–water partition coefficient (Wildman–Crippen LogP) is 3.03. The molecular weight excluding hydrogens is 278 g/mol. The summed E-state index contributed by atoms with van der Waals surface area (Å²) in [6.45, 7) is 2.99. The molecule has 0 radical (unpaired) electrons. The number of nitrogens with zero attached hydrogens (tertiary/aromatic N) is 2. The number of hydrogen-bond donors (Lipinski definition) is 1. The standard InChI is InChI=1S/C13H16BrN3/c1-10(11-4-3-5-12(14)8-11)15-9-13-6-7-16-17(13)2/h3-8,10,15H,9H2,1-2H3. The van der Waals surface area contributed by atoms with E-state index in [2.05, 4.69) is 51.5 Å². The topological polar surface area (TPSA) is 29.9 Å². The first-order chi connectivity index (χ1) is 8.16. The van der Waals surface area contributed by atoms with Gasteiger partial charge in [-0.05, 0) is 30.7 Å². The van der Waals surface area contributed by atoms with Gasteiger partial charge >= 0.3 is 0 Å². The molecule has 0 saturated carbocycles. The Morgan fingerprint density at radius 2 is 2.24 bits per heavy atom. The highest BCUT2D eigenvalue weighted by atomic mass is 79.9. The van der Waals surface area contributed by atoms with Crippen LogP contribution >= 0.6 is 15.9 Å². The first-order valence-electron chi connectivity index (χ1n) is 5.62. The van der Waals surface area contributed by atoms with Crippen LogP contribution < -0.4 is 5.32 Å². The van der Waals surface area contributed by atoms with Gasteiger partial charge in [0.15, 0.2) is 0 Å². The van der Waals surface area contributed by atoms with Crippen molar-refractivity contribution in [2.45, 2.75) is 19.5 Å². The molecule has 0 saturated heterocycles. The highest BCUT2D eigenvalue weighted by molar-refractivity contribution is 9.10. The summed E-state index contributed by atoms with van der Waals surface area (Å²) < 4.78 is 3.00. The van der Waals surface area contributed by atoms with Crippen molar-refractivity contribution in [1.82, 2.24) is 15.1 Å². The summed E-state index contributed by atoms with van der Waals surface area (Å²) in [4.78, 5) is 0. The second-order valence-corrected chi connectivity index (χ2v) is 5.02. The number of hydrogen-bond acceptors (Lipinski definition) is 2. The van der Waals surface area contributed by atoms with Gasteiger partial charge in [-0.25, -0.2) is 0 Å². The van der Waals surface area contributed by atoms with E-state index >= 15 is 0 Å². The Hall–Kier alpha value is -1.13. The number of rotatable bonds is 4. The quantitative estimate of drug-likeness (QED) is 0.939. The summed E-state index contributed by atoms with van der Waals surface area (Å²) >= 11 is 3.49. The fraction of sp³-hybridized carbons (Fsp3) is 0.308. The monoisotopic (exact) mass is 293 g/mol. The van der Waals surface area contributed by atoms with E-state index in [1.807, 2.05) is 30.1 Å². The maximum atomic E-state index is 4.15. The average Bonchev–Trinajstić information content (AvgIpc) is 2.72. The van der Waals surface area contributed by atoms with E-state index < -0.39 is 0 Å². The van der Waals surface area contributed by atoms with Crippen LogP contribution in [0.25, 0.3) is 0 Å². The van der Waals surface area contributed by atoms with Gasteiger partial charge in [0.2, 0.25) is 0 Å². The van der Waals surface area contributed by atoms with Gasteiger partial charge in [0.1, 0.15) is 0 Å². The smallest absolute Gasteiger partial charge is 0.0518 e. The van der Waals surface area contributed by atoms with Crippen LogP contribution in [0.3, 0.4) is 0 Å². The summed E-state index contributed by atoms with van der Waals surface area (Å²) in [5.74, 6) is 0. The van der Waals surface area contributed by atoms with E-state index in [1.165, 1.54) is 11.3 Å². The van der Waals surface area contributed by atoms with Crippen molar-refractivity contribution in [2.75, 3.05) is 0 Å². The summed E-state index contributed by atoms with van der Waals surface area (Å²) in [5, 5.41) is 7.64. The summed E-state index contributed by atoms with van der Waals surface area (Å²) in [5.41, 5.74) is 2.47. The molecule has 0 aliphatic heterocycles. The Bertz CT molecular complexity index is 493. The summed E-state index contributed by atoms with van der Waals surface area (Å²) in [7, 11) is 1.96. The molecule has 4 heteroatoms. The van der Waals surface area contributed by atoms with Crippen molar-refractivity contribution < 1.29 is 0 Å². The van der Waals surface area contributed by atoms with Gasteiger partial charge in [0, 0.05) is 30.3 Å². The Kier molecular flexibility index (Phi) is 3.97. The Balaban J connectivity index is 1.98. The number of halogens is 1. The maximum absolute atomic E-state index is 4.15. The molecule has 1 heterocycles. The average molecular weight is 294 g/mol. The van der Waals surface area contributed by atoms with Crippen molar-refractivity contribution >= 4 is 15.9 Å². The molecule has 0 fully saturated rings. The first kappa shape index (κ1) is 12.3. The third kappa shape index (κ3) is 3.17. The molecule has 0 aliphatic carbocycles. The minimum Gasteiger partial charge on any atom is -0.305 e. The van der Waals surface area contributed by atoms with E-state index in [4.69, 9.17) is 0 Å². The van der Waals surface area contributed by atoms with E-state index in [0.717, 1.165) is 11.0 Å². The van der Waals surface area contributed by atoms with E-state index in [9.17, 15) is 0 Å². The molecule has 1 N–H and O–H groups in total. The van der Waals surface area contributed by atoms with Crippen LogP contribution in [0.2, 0.25) is 0 Å². The third-order valence-electron chi connectivity index (χ3n) is 2.86. The molecule has 2 aromatic rings. The van der Waals surface area contributed by atoms with Crippen LogP contribution in [-0.2, 0) is 13.6 Å². The lowest BCUT2D eigenvalue weighted by molar-refractivity contribution is 0.548. The first-order valence-corrected chi connectivity index (χ1v) is 6.42. The minimum absolute atomic E-state index is 0.322. The highest BCUT2D eigenvalue weighted by Crippen LogP contribution is 2.18. The highest BCUT2D eigenvalue weighted by Gasteiger charge is 2.06. The molecule has 3 nitrogen and oxygen atoms in total. The van der Waals surface area contributed by atoms with Gasteiger partial charge in [-0.3, -0.25) is 4.68 Å². The van der Waals surface area contributed by atoms with Gasteiger partial charge in [0.05, 0.1) is 5.69 Å².